The summed E-state index contributed by atoms with van der Waals surface area (Å²) in [6.45, 7) is 12.1. The highest BCUT2D eigenvalue weighted by Crippen LogP contribution is 2.40. The molecule has 3 unspecified atom stereocenters. The fourth-order valence-corrected chi connectivity index (χ4v) is 3.89. The lowest BCUT2D eigenvalue weighted by molar-refractivity contribution is -0.122. The largest absolute Gasteiger partial charge is 0.411 e. The molecule has 1 aromatic rings. The van der Waals surface area contributed by atoms with Crippen molar-refractivity contribution in [3.8, 4) is 0 Å². The average Bonchev–Trinajstić information content (AvgIpc) is 2.89. The lowest BCUT2D eigenvalue weighted by atomic mass is 10.2. The Morgan fingerprint density at radius 1 is 1.36 bits per heavy atom. The molecule has 2 rings (SSSR count). The Balaban J connectivity index is 2.33. The van der Waals surface area contributed by atoms with Crippen molar-refractivity contribution in [3.05, 3.63) is 32.6 Å². The number of ether oxygens (including phenoxy) is 1. The molecule has 0 saturated carbocycles. The van der Waals surface area contributed by atoms with Crippen molar-refractivity contribution in [1.82, 2.24) is 9.24 Å². The van der Waals surface area contributed by atoms with Gasteiger partial charge in [0.25, 0.3) is 5.56 Å². The molecule has 140 valence electrons. The molecule has 2 N–H and O–H groups in total. The van der Waals surface area contributed by atoms with Gasteiger partial charge in [0.05, 0.1) is 6.10 Å². The van der Waals surface area contributed by atoms with E-state index < -0.39 is 38.0 Å². The van der Waals surface area contributed by atoms with Gasteiger partial charge in [-0.3, -0.25) is 9.36 Å². The molecular formula is C16H27N3O5Si. The first-order chi connectivity index (χ1) is 11.4. The quantitative estimate of drug-likeness (QED) is 0.480. The third-order valence-corrected chi connectivity index (χ3v) is 9.63. The first kappa shape index (κ1) is 19.6. The summed E-state index contributed by atoms with van der Waals surface area (Å²) >= 11 is 0. The van der Waals surface area contributed by atoms with Crippen molar-refractivity contribution in [2.45, 2.75) is 70.7 Å². The van der Waals surface area contributed by atoms with Crippen LogP contribution in [0.15, 0.2) is 15.8 Å². The number of carbonyl (C=O) groups excluding carboxylic acids is 1. The first-order valence-corrected chi connectivity index (χ1v) is 11.2. The molecule has 25 heavy (non-hydrogen) atoms. The highest BCUT2D eigenvalue weighted by atomic mass is 28.4. The number of aldehydes is 1. The van der Waals surface area contributed by atoms with Crippen LogP contribution in [0.5, 0.6) is 0 Å². The number of carbonyl (C=O) groups is 1. The van der Waals surface area contributed by atoms with E-state index in [9.17, 15) is 14.4 Å². The SMILES string of the molecule is Cc1cn(C2CC(O[Si](C)(C)C(C)(C)C)C(C=O)O2)c(=O)n(N)c1=O. The minimum atomic E-state index is -2.11. The number of aromatic nitrogens is 2. The van der Waals surface area contributed by atoms with Crippen molar-refractivity contribution in [3.63, 3.8) is 0 Å². The normalized spacial score (nSPS) is 24.5. The second-order valence-electron chi connectivity index (χ2n) is 8.02. The highest BCUT2D eigenvalue weighted by molar-refractivity contribution is 6.74. The van der Waals surface area contributed by atoms with Gasteiger partial charge in [0.15, 0.2) is 14.6 Å². The van der Waals surface area contributed by atoms with Gasteiger partial charge in [-0.25, -0.2) is 4.79 Å². The van der Waals surface area contributed by atoms with Crippen LogP contribution in [0.25, 0.3) is 0 Å². The van der Waals surface area contributed by atoms with Crippen LogP contribution >= 0.6 is 0 Å². The minimum absolute atomic E-state index is 0.0174. The lowest BCUT2D eigenvalue weighted by Crippen LogP contribution is -2.46. The van der Waals surface area contributed by atoms with Gasteiger partial charge in [-0.1, -0.05) is 20.8 Å². The molecular weight excluding hydrogens is 342 g/mol. The van der Waals surface area contributed by atoms with Gasteiger partial charge in [-0.15, -0.1) is 0 Å². The fourth-order valence-electron chi connectivity index (χ4n) is 2.55. The first-order valence-electron chi connectivity index (χ1n) is 8.27. The number of hydrogen-bond acceptors (Lipinski definition) is 6. The van der Waals surface area contributed by atoms with Crippen LogP contribution < -0.4 is 17.1 Å². The van der Waals surface area contributed by atoms with Crippen LogP contribution in [0.4, 0.5) is 0 Å². The van der Waals surface area contributed by atoms with Crippen LogP contribution in [0.1, 0.15) is 39.0 Å². The molecule has 1 aromatic heterocycles. The van der Waals surface area contributed by atoms with Gasteiger partial charge < -0.3 is 19.8 Å². The zero-order valence-electron chi connectivity index (χ0n) is 15.6. The molecule has 1 aliphatic rings. The summed E-state index contributed by atoms with van der Waals surface area (Å²) in [4.78, 5) is 35.5. The Morgan fingerprint density at radius 3 is 2.48 bits per heavy atom. The highest BCUT2D eigenvalue weighted by Gasteiger charge is 2.45. The van der Waals surface area contributed by atoms with E-state index in [0.717, 1.165) is 0 Å². The van der Waals surface area contributed by atoms with E-state index in [4.69, 9.17) is 15.0 Å². The molecule has 8 nitrogen and oxygen atoms in total. The summed E-state index contributed by atoms with van der Waals surface area (Å²) in [7, 11) is -2.11. The molecule has 0 spiro atoms. The van der Waals surface area contributed by atoms with E-state index in [1.54, 1.807) is 6.92 Å². The standard InChI is InChI=1S/C16H27N3O5Si/c1-10-8-18(15(22)19(17)14(10)21)13-7-11(12(9-20)23-13)24-25(5,6)16(2,3)4/h8-9,11-13H,7,17H2,1-6H3. The Labute approximate surface area is 147 Å². The Hall–Kier alpha value is -1.71. The summed E-state index contributed by atoms with van der Waals surface area (Å²) in [5, 5.41) is -0.0174. The van der Waals surface area contributed by atoms with Gasteiger partial charge in [-0.05, 0) is 25.1 Å². The molecule has 1 aliphatic heterocycles. The van der Waals surface area contributed by atoms with Crippen LogP contribution in [-0.2, 0) is 14.0 Å². The number of rotatable bonds is 4. The van der Waals surface area contributed by atoms with E-state index in [1.807, 2.05) is 0 Å². The predicted octanol–water partition coefficient (Wildman–Crippen LogP) is 0.909. The molecule has 0 bridgehead atoms. The smallest absolute Gasteiger partial charge is 0.351 e. The summed E-state index contributed by atoms with van der Waals surface area (Å²) in [6, 6.07) is 0. The molecule has 3 atom stereocenters. The van der Waals surface area contributed by atoms with Crippen molar-refractivity contribution < 1.29 is 14.0 Å². The van der Waals surface area contributed by atoms with Crippen LogP contribution in [-0.4, -0.2) is 36.1 Å². The Kier molecular flexibility index (Phi) is 5.13. The van der Waals surface area contributed by atoms with E-state index in [1.165, 1.54) is 10.8 Å². The molecule has 0 aromatic carbocycles. The number of nitrogens with zero attached hydrogens (tertiary/aromatic N) is 2. The van der Waals surface area contributed by atoms with Crippen molar-refractivity contribution in [1.29, 1.82) is 0 Å². The lowest BCUT2D eigenvalue weighted by Gasteiger charge is -2.38. The predicted molar refractivity (Wildman–Crippen MR) is 96.5 cm³/mol. The topological polar surface area (TPSA) is 106 Å². The summed E-state index contributed by atoms with van der Waals surface area (Å²) < 4.78 is 13.8. The third-order valence-electron chi connectivity index (χ3n) is 5.13. The van der Waals surface area contributed by atoms with E-state index in [2.05, 4.69) is 33.9 Å². The number of nitrogen functional groups attached to an aromatic ring is 1. The Morgan fingerprint density at radius 2 is 1.96 bits per heavy atom. The second-order valence-corrected chi connectivity index (χ2v) is 12.8. The third kappa shape index (κ3) is 3.63. The van der Waals surface area contributed by atoms with Crippen molar-refractivity contribution in [2.24, 2.45) is 0 Å². The maximum absolute atomic E-state index is 12.3. The summed E-state index contributed by atoms with van der Waals surface area (Å²) in [6.07, 6.45) is 0.557. The zero-order valence-corrected chi connectivity index (χ0v) is 16.6. The maximum Gasteiger partial charge on any atom is 0.351 e. The average molecular weight is 369 g/mol. The van der Waals surface area contributed by atoms with Gasteiger partial charge >= 0.3 is 5.69 Å². The maximum atomic E-state index is 12.3. The molecule has 1 saturated heterocycles. The van der Waals surface area contributed by atoms with Crippen LogP contribution in [0.2, 0.25) is 18.1 Å². The zero-order chi connectivity index (χ0) is 19.2. The summed E-state index contributed by atoms with van der Waals surface area (Å²) in [5.41, 5.74) is -0.916. The molecule has 0 amide bonds. The van der Waals surface area contributed by atoms with Gasteiger partial charge in [0.1, 0.15) is 12.3 Å². The van der Waals surface area contributed by atoms with Gasteiger partial charge in [-0.2, -0.15) is 4.68 Å². The Bertz CT molecular complexity index is 777. The summed E-state index contributed by atoms with van der Waals surface area (Å²) in [5.74, 6) is 5.53. The molecule has 2 heterocycles. The monoisotopic (exact) mass is 369 g/mol. The van der Waals surface area contributed by atoms with E-state index >= 15 is 0 Å². The number of hydrogen-bond donors (Lipinski definition) is 1. The minimum Gasteiger partial charge on any atom is -0.411 e. The van der Waals surface area contributed by atoms with Gasteiger partial charge in [0.2, 0.25) is 0 Å². The number of aryl methyl sites for hydroxylation is 1. The molecule has 0 aliphatic carbocycles. The van der Waals surface area contributed by atoms with Gasteiger partial charge in [0, 0.05) is 18.2 Å². The molecule has 9 heteroatoms. The number of nitrogens with two attached hydrogens (primary N) is 1. The molecule has 1 fully saturated rings. The van der Waals surface area contributed by atoms with Crippen molar-refractivity contribution in [2.75, 3.05) is 5.84 Å². The fraction of sp³-hybridized carbons (Fsp3) is 0.688. The van der Waals surface area contributed by atoms with E-state index in [-0.39, 0.29) is 5.04 Å². The molecule has 0 radical (unpaired) electrons. The van der Waals surface area contributed by atoms with E-state index in [0.29, 0.717) is 22.9 Å². The second kappa shape index (κ2) is 6.54. The van der Waals surface area contributed by atoms with Crippen molar-refractivity contribution >= 4 is 14.6 Å². The van der Waals surface area contributed by atoms with Crippen LogP contribution in [0.3, 0.4) is 0 Å². The van der Waals surface area contributed by atoms with Crippen LogP contribution in [0, 0.1) is 6.92 Å².